The molecule has 0 spiro atoms. The predicted octanol–water partition coefficient (Wildman–Crippen LogP) is 3.28. The largest absolute Gasteiger partial charge is 0.305 e. The number of nitrogens with zero attached hydrogens (tertiary/aromatic N) is 2. The van der Waals surface area contributed by atoms with Crippen LogP contribution in [0.1, 0.15) is 21.6 Å². The van der Waals surface area contributed by atoms with Gasteiger partial charge in [0.2, 0.25) is 5.91 Å². The van der Waals surface area contributed by atoms with Crippen LogP contribution < -0.4 is 10.6 Å². The van der Waals surface area contributed by atoms with E-state index in [9.17, 15) is 9.59 Å². The Kier molecular flexibility index (Phi) is 5.15. The minimum atomic E-state index is -0.360. The number of aromatic nitrogens is 2. The van der Waals surface area contributed by atoms with Crippen molar-refractivity contribution in [3.63, 3.8) is 0 Å². The van der Waals surface area contributed by atoms with Gasteiger partial charge in [0.1, 0.15) is 11.5 Å². The van der Waals surface area contributed by atoms with Gasteiger partial charge in [0.05, 0.1) is 6.42 Å². The van der Waals surface area contributed by atoms with Gasteiger partial charge in [0, 0.05) is 11.6 Å². The Balaban J connectivity index is 1.61. The molecule has 1 aromatic carbocycles. The highest BCUT2D eigenvalue weighted by molar-refractivity contribution is 7.14. The van der Waals surface area contributed by atoms with Gasteiger partial charge in [-0.05, 0) is 24.1 Å². The Morgan fingerprint density at radius 3 is 2.64 bits per heavy atom. The van der Waals surface area contributed by atoms with Gasteiger partial charge in [-0.2, -0.15) is 0 Å². The number of pyridine rings is 1. The number of rotatable bonds is 5. The summed E-state index contributed by atoms with van der Waals surface area (Å²) in [7, 11) is 0. The van der Waals surface area contributed by atoms with Crippen LogP contribution in [-0.2, 0) is 11.2 Å². The Morgan fingerprint density at radius 2 is 1.88 bits per heavy atom. The van der Waals surface area contributed by atoms with E-state index in [1.54, 1.807) is 17.6 Å². The summed E-state index contributed by atoms with van der Waals surface area (Å²) in [5, 5.41) is 7.42. The van der Waals surface area contributed by atoms with Crippen LogP contribution in [0.4, 0.5) is 10.9 Å². The summed E-state index contributed by atoms with van der Waals surface area (Å²) in [6.45, 7) is 1.86. The van der Waals surface area contributed by atoms with E-state index in [0.29, 0.717) is 10.9 Å². The van der Waals surface area contributed by atoms with Crippen molar-refractivity contribution in [3.05, 3.63) is 70.9 Å². The Morgan fingerprint density at radius 1 is 1.08 bits per heavy atom. The molecular weight excluding hydrogens is 336 g/mol. The lowest BCUT2D eigenvalue weighted by molar-refractivity contribution is -0.115. The van der Waals surface area contributed by atoms with Gasteiger partial charge in [-0.15, -0.1) is 11.3 Å². The Bertz CT molecular complexity index is 893. The molecule has 0 aliphatic carbocycles. The van der Waals surface area contributed by atoms with E-state index < -0.39 is 0 Å². The zero-order valence-electron chi connectivity index (χ0n) is 13.5. The molecule has 2 amide bonds. The number of aryl methyl sites for hydroxylation is 1. The molecule has 3 rings (SSSR count). The summed E-state index contributed by atoms with van der Waals surface area (Å²) >= 11 is 1.21. The second-order valence-corrected chi connectivity index (χ2v) is 6.23. The van der Waals surface area contributed by atoms with Crippen molar-refractivity contribution in [2.45, 2.75) is 13.3 Å². The van der Waals surface area contributed by atoms with Crippen LogP contribution in [0, 0.1) is 6.92 Å². The molecule has 0 radical (unpaired) electrons. The van der Waals surface area contributed by atoms with Crippen LogP contribution in [0.3, 0.4) is 0 Å². The van der Waals surface area contributed by atoms with Gasteiger partial charge in [-0.3, -0.25) is 9.59 Å². The molecule has 0 atom stereocenters. The van der Waals surface area contributed by atoms with E-state index in [4.69, 9.17) is 0 Å². The SMILES string of the molecule is Cc1cccnc1NC(=O)c1csc(NC(=O)Cc2ccccc2)n1. The van der Waals surface area contributed by atoms with Crippen LogP contribution in [0.25, 0.3) is 0 Å². The predicted molar refractivity (Wildman–Crippen MR) is 97.8 cm³/mol. The number of hydrogen-bond acceptors (Lipinski definition) is 5. The van der Waals surface area contributed by atoms with Gasteiger partial charge in [-0.25, -0.2) is 9.97 Å². The normalized spacial score (nSPS) is 10.3. The molecule has 0 saturated heterocycles. The van der Waals surface area contributed by atoms with E-state index in [2.05, 4.69) is 20.6 Å². The fourth-order valence-corrected chi connectivity index (χ4v) is 2.88. The van der Waals surface area contributed by atoms with Crippen LogP contribution in [0.2, 0.25) is 0 Å². The van der Waals surface area contributed by atoms with Crippen LogP contribution >= 0.6 is 11.3 Å². The quantitative estimate of drug-likeness (QED) is 0.738. The average molecular weight is 352 g/mol. The zero-order valence-corrected chi connectivity index (χ0v) is 14.3. The smallest absolute Gasteiger partial charge is 0.276 e. The van der Waals surface area contributed by atoms with E-state index in [0.717, 1.165) is 11.1 Å². The molecule has 0 aliphatic rings. The van der Waals surface area contributed by atoms with Crippen molar-refractivity contribution in [1.82, 2.24) is 9.97 Å². The maximum Gasteiger partial charge on any atom is 0.276 e. The van der Waals surface area contributed by atoms with E-state index in [-0.39, 0.29) is 23.9 Å². The van der Waals surface area contributed by atoms with Gasteiger partial charge >= 0.3 is 0 Å². The molecule has 0 bridgehead atoms. The topological polar surface area (TPSA) is 84.0 Å². The van der Waals surface area contributed by atoms with E-state index in [1.807, 2.05) is 43.3 Å². The third kappa shape index (κ3) is 4.48. The first-order chi connectivity index (χ1) is 12.1. The second-order valence-electron chi connectivity index (χ2n) is 5.37. The molecule has 25 heavy (non-hydrogen) atoms. The van der Waals surface area contributed by atoms with E-state index in [1.165, 1.54) is 11.3 Å². The lowest BCUT2D eigenvalue weighted by Crippen LogP contribution is -2.16. The standard InChI is InChI=1S/C18H16N4O2S/c1-12-6-5-9-19-16(12)22-17(24)14-11-25-18(20-14)21-15(23)10-13-7-3-2-4-8-13/h2-9,11H,10H2,1H3,(H,19,22,24)(H,20,21,23). The highest BCUT2D eigenvalue weighted by Crippen LogP contribution is 2.18. The lowest BCUT2D eigenvalue weighted by atomic mass is 10.1. The van der Waals surface area contributed by atoms with E-state index >= 15 is 0 Å². The first kappa shape index (κ1) is 16.8. The summed E-state index contributed by atoms with van der Waals surface area (Å²) < 4.78 is 0. The molecule has 0 unspecified atom stereocenters. The number of carbonyl (C=O) groups is 2. The number of thiazole rings is 1. The first-order valence-electron chi connectivity index (χ1n) is 7.64. The van der Waals surface area contributed by atoms with Crippen molar-refractivity contribution in [2.24, 2.45) is 0 Å². The van der Waals surface area contributed by atoms with Crippen LogP contribution in [0.15, 0.2) is 54.0 Å². The molecule has 2 aromatic heterocycles. The summed E-state index contributed by atoms with van der Waals surface area (Å²) in [5.41, 5.74) is 2.02. The number of benzene rings is 1. The fourth-order valence-electron chi connectivity index (χ4n) is 2.17. The first-order valence-corrected chi connectivity index (χ1v) is 8.52. The minimum Gasteiger partial charge on any atom is -0.305 e. The summed E-state index contributed by atoms with van der Waals surface area (Å²) in [6.07, 6.45) is 1.87. The highest BCUT2D eigenvalue weighted by atomic mass is 32.1. The number of carbonyl (C=O) groups excluding carboxylic acids is 2. The van der Waals surface area contributed by atoms with Crippen molar-refractivity contribution in [3.8, 4) is 0 Å². The van der Waals surface area contributed by atoms with Crippen molar-refractivity contribution < 1.29 is 9.59 Å². The molecule has 2 N–H and O–H groups in total. The zero-order chi connectivity index (χ0) is 17.6. The van der Waals surface area contributed by atoms with Crippen LogP contribution in [0.5, 0.6) is 0 Å². The third-order valence-electron chi connectivity index (χ3n) is 3.43. The molecule has 126 valence electrons. The summed E-state index contributed by atoms with van der Waals surface area (Å²) in [4.78, 5) is 32.6. The monoisotopic (exact) mass is 352 g/mol. The van der Waals surface area contributed by atoms with Gasteiger partial charge < -0.3 is 10.6 Å². The molecule has 7 heteroatoms. The fraction of sp³-hybridized carbons (Fsp3) is 0.111. The van der Waals surface area contributed by atoms with Crippen molar-refractivity contribution in [1.29, 1.82) is 0 Å². The second kappa shape index (κ2) is 7.67. The molecule has 2 heterocycles. The minimum absolute atomic E-state index is 0.173. The maximum atomic E-state index is 12.2. The van der Waals surface area contributed by atoms with Crippen molar-refractivity contribution in [2.75, 3.05) is 10.6 Å². The molecule has 3 aromatic rings. The van der Waals surface area contributed by atoms with Gasteiger partial charge in [-0.1, -0.05) is 36.4 Å². The van der Waals surface area contributed by atoms with Gasteiger partial charge in [0.25, 0.3) is 5.91 Å². The van der Waals surface area contributed by atoms with Crippen LogP contribution in [-0.4, -0.2) is 21.8 Å². The lowest BCUT2D eigenvalue weighted by Gasteiger charge is -2.04. The molecule has 0 fully saturated rings. The number of anilines is 2. The molecular formula is C18H16N4O2S. The Labute approximate surface area is 149 Å². The summed E-state index contributed by atoms with van der Waals surface area (Å²) in [6, 6.07) is 13.1. The number of hydrogen-bond donors (Lipinski definition) is 2. The third-order valence-corrected chi connectivity index (χ3v) is 4.19. The maximum absolute atomic E-state index is 12.2. The summed E-state index contributed by atoms with van der Waals surface area (Å²) in [5.74, 6) is -0.0372. The number of nitrogens with one attached hydrogen (secondary N) is 2. The Hall–Kier alpha value is -3.06. The van der Waals surface area contributed by atoms with Crippen molar-refractivity contribution >= 4 is 34.1 Å². The highest BCUT2D eigenvalue weighted by Gasteiger charge is 2.14. The molecule has 0 aliphatic heterocycles. The molecule has 6 nitrogen and oxygen atoms in total. The average Bonchev–Trinajstić information content (AvgIpc) is 3.06. The van der Waals surface area contributed by atoms with Gasteiger partial charge in [0.15, 0.2) is 5.13 Å². The number of amides is 2. The molecule has 0 saturated carbocycles.